The predicted molar refractivity (Wildman–Crippen MR) is 102 cm³/mol. The van der Waals surface area contributed by atoms with Crippen LogP contribution in [0.25, 0.3) is 0 Å². The molecule has 0 atom stereocenters. The van der Waals surface area contributed by atoms with Crippen molar-refractivity contribution in [3.8, 4) is 0 Å². The number of sulfonamides is 1. The molecule has 1 aliphatic heterocycles. The van der Waals surface area contributed by atoms with E-state index in [1.54, 1.807) is 6.07 Å². The number of nitrogens with one attached hydrogen (secondary N) is 2. The van der Waals surface area contributed by atoms with Gasteiger partial charge in [0.2, 0.25) is 15.9 Å². The molecule has 1 heterocycles. The molecule has 2 N–H and O–H groups in total. The van der Waals surface area contributed by atoms with E-state index in [9.17, 15) is 13.2 Å². The van der Waals surface area contributed by atoms with Crippen LogP contribution < -0.4 is 14.5 Å². The van der Waals surface area contributed by atoms with Gasteiger partial charge in [0.05, 0.1) is 31.7 Å². The van der Waals surface area contributed by atoms with Gasteiger partial charge in [-0.25, -0.2) is 8.42 Å². The third kappa shape index (κ3) is 6.26. The summed E-state index contributed by atoms with van der Waals surface area (Å²) in [5, 5.41) is 2.84. The van der Waals surface area contributed by atoms with E-state index in [1.807, 2.05) is 26.0 Å². The van der Waals surface area contributed by atoms with Crippen molar-refractivity contribution >= 4 is 21.6 Å². The molecule has 0 radical (unpaired) electrons. The van der Waals surface area contributed by atoms with Gasteiger partial charge >= 0.3 is 0 Å². The molecule has 1 amide bonds. The fraction of sp³-hybridized carbons (Fsp3) is 0.611. The summed E-state index contributed by atoms with van der Waals surface area (Å²) in [6, 6.07) is 5.51. The minimum Gasteiger partial charge on any atom is -0.370 e. The fourth-order valence-electron chi connectivity index (χ4n) is 3.13. The second-order valence-corrected chi connectivity index (χ2v) is 8.78. The predicted octanol–water partition coefficient (Wildman–Crippen LogP) is -0.509. The molecule has 0 bridgehead atoms. The van der Waals surface area contributed by atoms with Crippen molar-refractivity contribution in [2.75, 3.05) is 56.5 Å². The van der Waals surface area contributed by atoms with Crippen molar-refractivity contribution in [2.45, 2.75) is 20.3 Å². The summed E-state index contributed by atoms with van der Waals surface area (Å²) < 4.78 is 30.8. The average Bonchev–Trinajstić information content (AvgIpc) is 2.57. The van der Waals surface area contributed by atoms with Gasteiger partial charge in [-0.15, -0.1) is 0 Å². The molecule has 1 aromatic rings. The quantitative estimate of drug-likeness (QED) is 0.592. The molecule has 26 heavy (non-hydrogen) atoms. The van der Waals surface area contributed by atoms with Crippen LogP contribution in [0.3, 0.4) is 0 Å². The van der Waals surface area contributed by atoms with Crippen LogP contribution in [0.15, 0.2) is 18.2 Å². The summed E-state index contributed by atoms with van der Waals surface area (Å²) in [4.78, 5) is 13.7. The number of nitrogens with zero attached hydrogens (tertiary/aromatic N) is 1. The summed E-state index contributed by atoms with van der Waals surface area (Å²) in [6.45, 7) is 8.72. The van der Waals surface area contributed by atoms with E-state index in [0.29, 0.717) is 12.2 Å². The molecule has 7 nitrogen and oxygen atoms in total. The van der Waals surface area contributed by atoms with E-state index in [4.69, 9.17) is 4.74 Å². The molecule has 1 aliphatic rings. The van der Waals surface area contributed by atoms with Gasteiger partial charge in [0.1, 0.15) is 19.6 Å². The van der Waals surface area contributed by atoms with Crippen molar-refractivity contribution in [3.63, 3.8) is 0 Å². The first-order valence-corrected chi connectivity index (χ1v) is 10.8. The van der Waals surface area contributed by atoms with Crippen LogP contribution in [0.1, 0.15) is 17.5 Å². The molecule has 0 spiro atoms. The van der Waals surface area contributed by atoms with Gasteiger partial charge < -0.3 is 15.0 Å². The van der Waals surface area contributed by atoms with E-state index < -0.39 is 10.0 Å². The molecular weight excluding hydrogens is 354 g/mol. The summed E-state index contributed by atoms with van der Waals surface area (Å²) >= 11 is 0. The highest BCUT2D eigenvalue weighted by Crippen LogP contribution is 2.23. The molecule has 1 aromatic carbocycles. The van der Waals surface area contributed by atoms with Gasteiger partial charge in [0, 0.05) is 13.0 Å². The highest BCUT2D eigenvalue weighted by molar-refractivity contribution is 7.92. The number of quaternary nitrogens is 1. The normalized spacial score (nSPS) is 15.7. The minimum atomic E-state index is -3.54. The number of hydrogen-bond acceptors (Lipinski definition) is 4. The zero-order valence-electron chi connectivity index (χ0n) is 15.9. The monoisotopic (exact) mass is 384 g/mol. The van der Waals surface area contributed by atoms with Gasteiger partial charge in [0.15, 0.2) is 0 Å². The van der Waals surface area contributed by atoms with Crippen LogP contribution in [-0.2, 0) is 19.6 Å². The molecule has 2 rings (SSSR count). The van der Waals surface area contributed by atoms with Gasteiger partial charge in [0.25, 0.3) is 0 Å². The Bertz CT molecular complexity index is 715. The number of carbonyl (C=O) groups is 1. The van der Waals surface area contributed by atoms with Gasteiger partial charge in [-0.2, -0.15) is 0 Å². The number of rotatable bonds is 8. The van der Waals surface area contributed by atoms with Crippen molar-refractivity contribution in [1.29, 1.82) is 0 Å². The van der Waals surface area contributed by atoms with Gasteiger partial charge in [-0.1, -0.05) is 17.7 Å². The van der Waals surface area contributed by atoms with Crippen molar-refractivity contribution in [1.82, 2.24) is 5.32 Å². The van der Waals surface area contributed by atoms with Crippen LogP contribution in [0, 0.1) is 13.8 Å². The zero-order chi connectivity index (χ0) is 19.2. The summed E-state index contributed by atoms with van der Waals surface area (Å²) in [5.41, 5.74) is 2.43. The molecule has 0 unspecified atom stereocenters. The number of aryl methyl sites for hydroxylation is 2. The van der Waals surface area contributed by atoms with Crippen LogP contribution in [0.2, 0.25) is 0 Å². The Balaban J connectivity index is 1.88. The maximum Gasteiger partial charge on any atom is 0.240 e. The Morgan fingerprint density at radius 2 is 1.96 bits per heavy atom. The second kappa shape index (κ2) is 9.34. The fourth-order valence-corrected chi connectivity index (χ4v) is 4.04. The number of amides is 1. The summed E-state index contributed by atoms with van der Waals surface area (Å²) in [7, 11) is -3.54. The van der Waals surface area contributed by atoms with E-state index in [2.05, 4.69) is 5.32 Å². The van der Waals surface area contributed by atoms with Crippen molar-refractivity contribution in [2.24, 2.45) is 0 Å². The van der Waals surface area contributed by atoms with Gasteiger partial charge in [-0.3, -0.25) is 9.10 Å². The number of anilines is 1. The molecule has 0 aromatic heterocycles. The van der Waals surface area contributed by atoms with E-state index in [-0.39, 0.29) is 12.5 Å². The first-order valence-electron chi connectivity index (χ1n) is 9.00. The number of carbonyl (C=O) groups excluding carboxylic acids is 1. The van der Waals surface area contributed by atoms with Gasteiger partial charge in [-0.05, 0) is 25.5 Å². The average molecular weight is 385 g/mol. The van der Waals surface area contributed by atoms with Crippen LogP contribution in [-0.4, -0.2) is 66.5 Å². The van der Waals surface area contributed by atoms with E-state index in [1.165, 1.54) is 9.21 Å². The Hall–Kier alpha value is -1.64. The first kappa shape index (κ1) is 20.7. The third-order valence-electron chi connectivity index (χ3n) is 4.54. The molecular formula is C18H30N3O4S+. The SMILES string of the molecule is Cc1ccc(N(CC(=O)NCCC[NH+]2CCOCC2)S(C)(=O)=O)c(C)c1. The molecule has 0 saturated carbocycles. The third-order valence-corrected chi connectivity index (χ3v) is 5.66. The topological polar surface area (TPSA) is 80.2 Å². The van der Waals surface area contributed by atoms with Crippen LogP contribution in [0.5, 0.6) is 0 Å². The van der Waals surface area contributed by atoms with E-state index in [0.717, 1.165) is 56.7 Å². The highest BCUT2D eigenvalue weighted by Gasteiger charge is 2.22. The molecule has 1 saturated heterocycles. The standard InChI is InChI=1S/C18H29N3O4S/c1-15-5-6-17(16(2)13-15)21(26(3,23)24)14-18(22)19-7-4-8-20-9-11-25-12-10-20/h5-6,13H,4,7-12,14H2,1-3H3,(H,19,22)/p+1. The molecule has 0 aliphatic carbocycles. The van der Waals surface area contributed by atoms with Crippen LogP contribution >= 0.6 is 0 Å². The maximum atomic E-state index is 12.3. The van der Waals surface area contributed by atoms with Crippen molar-refractivity contribution < 1.29 is 22.8 Å². The smallest absolute Gasteiger partial charge is 0.240 e. The zero-order valence-corrected chi connectivity index (χ0v) is 16.7. The molecule has 146 valence electrons. The van der Waals surface area contributed by atoms with Crippen molar-refractivity contribution in [3.05, 3.63) is 29.3 Å². The lowest BCUT2D eigenvalue weighted by molar-refractivity contribution is -0.908. The maximum absolute atomic E-state index is 12.3. The number of benzene rings is 1. The highest BCUT2D eigenvalue weighted by atomic mass is 32.2. The Morgan fingerprint density at radius 1 is 1.27 bits per heavy atom. The summed E-state index contributed by atoms with van der Waals surface area (Å²) in [6.07, 6.45) is 1.99. The molecule has 8 heteroatoms. The van der Waals surface area contributed by atoms with Crippen LogP contribution in [0.4, 0.5) is 5.69 Å². The summed E-state index contributed by atoms with van der Waals surface area (Å²) in [5.74, 6) is -0.285. The largest absolute Gasteiger partial charge is 0.370 e. The Morgan fingerprint density at radius 3 is 2.58 bits per heavy atom. The molecule has 1 fully saturated rings. The number of ether oxygens (including phenoxy) is 1. The number of hydrogen-bond donors (Lipinski definition) is 2. The lowest BCUT2D eigenvalue weighted by Gasteiger charge is -2.25. The number of morpholine rings is 1. The lowest BCUT2D eigenvalue weighted by Crippen LogP contribution is -3.14. The minimum absolute atomic E-state index is 0.201. The van der Waals surface area contributed by atoms with E-state index >= 15 is 0 Å². The lowest BCUT2D eigenvalue weighted by atomic mass is 10.1. The first-order chi connectivity index (χ1) is 12.3. The second-order valence-electron chi connectivity index (χ2n) is 6.88. The Labute approximate surface area is 156 Å². The Kier molecular flexibility index (Phi) is 7.43.